The molecule has 0 amide bonds. The van der Waals surface area contributed by atoms with Crippen LogP contribution in [-0.4, -0.2) is 21.9 Å². The SMILES string of the molecule is CCC(C)c1ccc(-c2noc(OC(=O)OC(C)(C)C)c2-c2ccc3ccccc3n2)cc1. The van der Waals surface area contributed by atoms with Crippen LogP contribution < -0.4 is 4.74 Å². The number of rotatable bonds is 5. The summed E-state index contributed by atoms with van der Waals surface area (Å²) in [4.78, 5) is 17.1. The highest BCUT2D eigenvalue weighted by Crippen LogP contribution is 2.39. The van der Waals surface area contributed by atoms with Crippen molar-refractivity contribution in [1.82, 2.24) is 10.1 Å². The van der Waals surface area contributed by atoms with Crippen molar-refractivity contribution in [2.24, 2.45) is 0 Å². The minimum Gasteiger partial charge on any atom is -0.428 e. The van der Waals surface area contributed by atoms with Crippen molar-refractivity contribution in [3.8, 4) is 28.5 Å². The van der Waals surface area contributed by atoms with E-state index in [0.717, 1.165) is 22.9 Å². The van der Waals surface area contributed by atoms with Gasteiger partial charge in [0.15, 0.2) is 0 Å². The smallest absolute Gasteiger partial charge is 0.428 e. The molecule has 0 aliphatic rings. The lowest BCUT2D eigenvalue weighted by atomic mass is 9.96. The Morgan fingerprint density at radius 3 is 2.45 bits per heavy atom. The van der Waals surface area contributed by atoms with E-state index in [9.17, 15) is 4.79 Å². The van der Waals surface area contributed by atoms with Gasteiger partial charge in [-0.1, -0.05) is 67.5 Å². The van der Waals surface area contributed by atoms with E-state index in [0.29, 0.717) is 22.9 Å². The van der Waals surface area contributed by atoms with Crippen molar-refractivity contribution < 1.29 is 18.8 Å². The molecule has 0 bridgehead atoms. The molecule has 1 atom stereocenters. The third kappa shape index (κ3) is 5.06. The standard InChI is InChI=1S/C27H28N2O4/c1-6-17(2)18-11-13-20(14-12-18)24-23(22-16-15-19-9-7-8-10-21(19)28-22)25(33-29-24)31-26(30)32-27(3,4)5/h7-17H,6H2,1-5H3. The fourth-order valence-corrected chi connectivity index (χ4v) is 3.52. The Bertz CT molecular complexity index is 1270. The van der Waals surface area contributed by atoms with Gasteiger partial charge in [-0.15, -0.1) is 0 Å². The van der Waals surface area contributed by atoms with E-state index in [4.69, 9.17) is 19.0 Å². The van der Waals surface area contributed by atoms with Gasteiger partial charge in [0.1, 0.15) is 16.9 Å². The molecule has 0 aliphatic carbocycles. The summed E-state index contributed by atoms with van der Waals surface area (Å²) in [6.07, 6.45) is 0.197. The second-order valence-electron chi connectivity index (χ2n) is 9.08. The second kappa shape index (κ2) is 9.06. The molecular formula is C27H28N2O4. The zero-order valence-electron chi connectivity index (χ0n) is 19.6. The quantitative estimate of drug-likeness (QED) is 0.299. The Morgan fingerprint density at radius 1 is 1.03 bits per heavy atom. The number of ether oxygens (including phenoxy) is 2. The van der Waals surface area contributed by atoms with Gasteiger partial charge >= 0.3 is 12.1 Å². The summed E-state index contributed by atoms with van der Waals surface area (Å²) in [6, 6.07) is 19.8. The molecule has 1 unspecified atom stereocenters. The van der Waals surface area contributed by atoms with Crippen LogP contribution in [0.5, 0.6) is 5.95 Å². The number of carbonyl (C=O) groups excluding carboxylic acids is 1. The minimum atomic E-state index is -0.862. The van der Waals surface area contributed by atoms with Gasteiger partial charge in [-0.3, -0.25) is 0 Å². The number of hydrogen-bond acceptors (Lipinski definition) is 6. The maximum absolute atomic E-state index is 12.4. The Morgan fingerprint density at radius 2 is 1.76 bits per heavy atom. The molecule has 0 spiro atoms. The van der Waals surface area contributed by atoms with Crippen molar-refractivity contribution in [3.05, 3.63) is 66.2 Å². The van der Waals surface area contributed by atoms with Gasteiger partial charge in [-0.05, 0) is 50.8 Å². The fourth-order valence-electron chi connectivity index (χ4n) is 3.52. The van der Waals surface area contributed by atoms with Crippen LogP contribution >= 0.6 is 0 Å². The molecule has 0 aliphatic heterocycles. The van der Waals surface area contributed by atoms with Crippen LogP contribution in [0, 0.1) is 0 Å². The summed E-state index contributed by atoms with van der Waals surface area (Å²) in [5, 5.41) is 5.25. The predicted molar refractivity (Wildman–Crippen MR) is 128 cm³/mol. The molecule has 6 heteroatoms. The van der Waals surface area contributed by atoms with E-state index in [2.05, 4.69) is 31.1 Å². The largest absolute Gasteiger partial charge is 0.516 e. The van der Waals surface area contributed by atoms with E-state index in [1.807, 2.05) is 48.5 Å². The topological polar surface area (TPSA) is 74.5 Å². The molecule has 33 heavy (non-hydrogen) atoms. The number of aromatic nitrogens is 2. The molecule has 0 fully saturated rings. The lowest BCUT2D eigenvalue weighted by Crippen LogP contribution is -2.26. The van der Waals surface area contributed by atoms with Crippen LogP contribution in [0.15, 0.2) is 65.2 Å². The van der Waals surface area contributed by atoms with Crippen LogP contribution in [0.4, 0.5) is 4.79 Å². The molecule has 2 heterocycles. The van der Waals surface area contributed by atoms with Crippen molar-refractivity contribution >= 4 is 17.1 Å². The molecule has 2 aromatic carbocycles. The van der Waals surface area contributed by atoms with Gasteiger partial charge in [-0.25, -0.2) is 9.78 Å². The van der Waals surface area contributed by atoms with Crippen LogP contribution in [0.25, 0.3) is 33.4 Å². The van der Waals surface area contributed by atoms with Crippen molar-refractivity contribution in [2.75, 3.05) is 0 Å². The Hall–Kier alpha value is -3.67. The monoisotopic (exact) mass is 444 g/mol. The normalized spacial score (nSPS) is 12.5. The summed E-state index contributed by atoms with van der Waals surface area (Å²) < 4.78 is 16.2. The fraction of sp³-hybridized carbons (Fsp3) is 0.296. The molecule has 4 aromatic rings. The van der Waals surface area contributed by atoms with Gasteiger partial charge in [0.2, 0.25) is 0 Å². The number of carbonyl (C=O) groups is 1. The van der Waals surface area contributed by atoms with Crippen molar-refractivity contribution in [3.63, 3.8) is 0 Å². The molecule has 170 valence electrons. The average Bonchev–Trinajstić information content (AvgIpc) is 3.20. The highest BCUT2D eigenvalue weighted by atomic mass is 16.8. The van der Waals surface area contributed by atoms with Gasteiger partial charge in [-0.2, -0.15) is 0 Å². The molecular weight excluding hydrogens is 416 g/mol. The highest BCUT2D eigenvalue weighted by molar-refractivity contribution is 5.87. The minimum absolute atomic E-state index is 0.0481. The molecule has 6 nitrogen and oxygen atoms in total. The van der Waals surface area contributed by atoms with Crippen LogP contribution in [-0.2, 0) is 4.74 Å². The Kier molecular flexibility index (Phi) is 6.18. The van der Waals surface area contributed by atoms with E-state index in [-0.39, 0.29) is 5.95 Å². The van der Waals surface area contributed by atoms with Crippen LogP contribution in [0.1, 0.15) is 52.5 Å². The lowest BCUT2D eigenvalue weighted by Gasteiger charge is -2.18. The number of para-hydroxylation sites is 1. The first-order chi connectivity index (χ1) is 15.7. The van der Waals surface area contributed by atoms with Gasteiger partial charge < -0.3 is 14.0 Å². The third-order valence-corrected chi connectivity index (χ3v) is 5.45. The first-order valence-corrected chi connectivity index (χ1v) is 11.1. The Balaban J connectivity index is 1.79. The van der Waals surface area contributed by atoms with E-state index in [1.54, 1.807) is 20.8 Å². The second-order valence-corrected chi connectivity index (χ2v) is 9.08. The molecule has 0 saturated carbocycles. The maximum atomic E-state index is 12.4. The summed E-state index contributed by atoms with van der Waals surface area (Å²) in [5.74, 6) is 0.414. The van der Waals surface area contributed by atoms with E-state index >= 15 is 0 Å². The van der Waals surface area contributed by atoms with Gasteiger partial charge in [0.25, 0.3) is 0 Å². The van der Waals surface area contributed by atoms with E-state index < -0.39 is 11.8 Å². The average molecular weight is 445 g/mol. The van der Waals surface area contributed by atoms with Gasteiger partial charge in [0.05, 0.1) is 11.2 Å². The maximum Gasteiger partial charge on any atom is 0.516 e. The number of hydrogen-bond donors (Lipinski definition) is 0. The zero-order valence-corrected chi connectivity index (χ0v) is 19.6. The summed E-state index contributed by atoms with van der Waals surface area (Å²) >= 11 is 0. The number of fused-ring (bicyclic) bond motifs is 1. The van der Waals surface area contributed by atoms with Crippen LogP contribution in [0.2, 0.25) is 0 Å². The molecule has 4 rings (SSSR count). The summed E-state index contributed by atoms with van der Waals surface area (Å²) in [6.45, 7) is 9.67. The highest BCUT2D eigenvalue weighted by Gasteiger charge is 2.27. The first kappa shape index (κ1) is 22.5. The molecule has 2 aromatic heterocycles. The van der Waals surface area contributed by atoms with Crippen molar-refractivity contribution in [1.29, 1.82) is 0 Å². The lowest BCUT2D eigenvalue weighted by molar-refractivity contribution is 0.0148. The first-order valence-electron chi connectivity index (χ1n) is 11.1. The van der Waals surface area contributed by atoms with Crippen LogP contribution in [0.3, 0.4) is 0 Å². The zero-order chi connectivity index (χ0) is 23.6. The summed E-state index contributed by atoms with van der Waals surface area (Å²) in [7, 11) is 0. The predicted octanol–water partition coefficient (Wildman–Crippen LogP) is 7.38. The molecule has 0 N–H and O–H groups in total. The molecule has 0 radical (unpaired) electrons. The third-order valence-electron chi connectivity index (χ3n) is 5.45. The van der Waals surface area contributed by atoms with E-state index in [1.165, 1.54) is 5.56 Å². The number of nitrogens with zero attached hydrogens (tertiary/aromatic N) is 2. The summed E-state index contributed by atoms with van der Waals surface area (Å²) in [5.41, 5.74) is 3.85. The van der Waals surface area contributed by atoms with Gasteiger partial charge in [0, 0.05) is 10.9 Å². The number of pyridine rings is 1. The Labute approximate surface area is 193 Å². The molecule has 0 saturated heterocycles. The number of benzene rings is 2. The van der Waals surface area contributed by atoms with Crippen molar-refractivity contribution in [2.45, 2.75) is 52.6 Å².